The van der Waals surface area contributed by atoms with Crippen LogP contribution in [0.2, 0.25) is 0 Å². The molecule has 0 radical (unpaired) electrons. The average Bonchev–Trinajstić information content (AvgIpc) is 3.32. The molecule has 0 bridgehead atoms. The molecular formula is C22H24N2O3S3. The minimum absolute atomic E-state index is 0.108. The first-order valence-corrected chi connectivity index (χ1v) is 11.8. The molecule has 1 aromatic heterocycles. The van der Waals surface area contributed by atoms with E-state index in [1.807, 2.05) is 60.8 Å². The Kier molecular flexibility index (Phi) is 7.82. The van der Waals surface area contributed by atoms with Gasteiger partial charge >= 0.3 is 0 Å². The zero-order valence-electron chi connectivity index (χ0n) is 16.7. The summed E-state index contributed by atoms with van der Waals surface area (Å²) in [4.78, 5) is 28.2. The number of carbonyl (C=O) groups excluding carboxylic acids is 2. The second kappa shape index (κ2) is 10.3. The summed E-state index contributed by atoms with van der Waals surface area (Å²) in [6, 6.07) is 13.6. The van der Waals surface area contributed by atoms with Crippen molar-refractivity contribution in [2.75, 3.05) is 13.2 Å². The van der Waals surface area contributed by atoms with Gasteiger partial charge < -0.3 is 10.4 Å². The predicted octanol–water partition coefficient (Wildman–Crippen LogP) is 3.84. The van der Waals surface area contributed by atoms with E-state index < -0.39 is 5.54 Å². The maximum atomic E-state index is 12.6. The summed E-state index contributed by atoms with van der Waals surface area (Å²) in [5, 5.41) is 14.7. The third-order valence-corrected chi connectivity index (χ3v) is 6.90. The molecule has 1 fully saturated rings. The van der Waals surface area contributed by atoms with E-state index in [1.54, 1.807) is 16.2 Å². The molecule has 0 saturated carbocycles. The molecule has 2 N–H and O–H groups in total. The fourth-order valence-corrected chi connectivity index (χ4v) is 5.21. The van der Waals surface area contributed by atoms with Crippen molar-refractivity contribution < 1.29 is 14.7 Å². The number of aliphatic hydroxyl groups is 1. The summed E-state index contributed by atoms with van der Waals surface area (Å²) in [6.45, 7) is 2.07. The molecule has 1 aliphatic rings. The van der Waals surface area contributed by atoms with Gasteiger partial charge in [-0.15, -0.1) is 11.3 Å². The molecule has 5 nitrogen and oxygen atoms in total. The summed E-state index contributed by atoms with van der Waals surface area (Å²) in [5.74, 6) is -0.259. The number of hydrogen-bond donors (Lipinski definition) is 2. The molecule has 2 aromatic rings. The van der Waals surface area contributed by atoms with Gasteiger partial charge in [0.15, 0.2) is 0 Å². The number of carbonyl (C=O) groups is 2. The lowest BCUT2D eigenvalue weighted by atomic mass is 9.93. The normalized spacial score (nSPS) is 17.4. The van der Waals surface area contributed by atoms with Crippen molar-refractivity contribution in [2.24, 2.45) is 0 Å². The Morgan fingerprint density at radius 1 is 1.27 bits per heavy atom. The lowest BCUT2D eigenvalue weighted by Crippen LogP contribution is -2.50. The molecule has 1 atom stereocenters. The number of thiophene rings is 1. The fourth-order valence-electron chi connectivity index (χ4n) is 3.18. The van der Waals surface area contributed by atoms with Gasteiger partial charge in [0.2, 0.25) is 5.91 Å². The Morgan fingerprint density at radius 2 is 2.03 bits per heavy atom. The Bertz CT molecular complexity index is 928. The van der Waals surface area contributed by atoms with Gasteiger partial charge in [-0.1, -0.05) is 60.4 Å². The van der Waals surface area contributed by atoms with Crippen LogP contribution >= 0.6 is 35.3 Å². The molecule has 1 saturated heterocycles. The lowest BCUT2D eigenvalue weighted by molar-refractivity contribution is -0.125. The number of nitrogens with one attached hydrogen (secondary N) is 1. The number of aliphatic hydroxyl groups excluding tert-OH is 1. The van der Waals surface area contributed by atoms with Crippen LogP contribution in [0.25, 0.3) is 6.08 Å². The summed E-state index contributed by atoms with van der Waals surface area (Å²) < 4.78 is 0.521. The monoisotopic (exact) mass is 460 g/mol. The van der Waals surface area contributed by atoms with E-state index in [2.05, 4.69) is 5.32 Å². The van der Waals surface area contributed by atoms with Crippen LogP contribution in [0.15, 0.2) is 52.7 Å². The topological polar surface area (TPSA) is 69.6 Å². The highest BCUT2D eigenvalue weighted by Gasteiger charge is 2.32. The highest BCUT2D eigenvalue weighted by molar-refractivity contribution is 8.26. The largest absolute Gasteiger partial charge is 0.394 e. The number of benzene rings is 1. The maximum absolute atomic E-state index is 12.6. The van der Waals surface area contributed by atoms with Gasteiger partial charge in [-0.25, -0.2) is 0 Å². The zero-order chi connectivity index (χ0) is 21.6. The van der Waals surface area contributed by atoms with Crippen LogP contribution < -0.4 is 5.32 Å². The van der Waals surface area contributed by atoms with Crippen LogP contribution in [0.5, 0.6) is 0 Å². The maximum Gasteiger partial charge on any atom is 0.266 e. The number of nitrogens with zero attached hydrogens (tertiary/aromatic N) is 1. The van der Waals surface area contributed by atoms with Crippen molar-refractivity contribution in [2.45, 2.75) is 31.7 Å². The van der Waals surface area contributed by atoms with Crippen molar-refractivity contribution in [3.05, 3.63) is 63.2 Å². The fraction of sp³-hybridized carbons (Fsp3) is 0.318. The summed E-state index contributed by atoms with van der Waals surface area (Å²) >= 11 is 8.21. The lowest BCUT2D eigenvalue weighted by Gasteiger charge is -2.29. The van der Waals surface area contributed by atoms with E-state index in [9.17, 15) is 14.7 Å². The smallest absolute Gasteiger partial charge is 0.266 e. The number of hydrogen-bond acceptors (Lipinski definition) is 6. The molecule has 3 rings (SSSR count). The van der Waals surface area contributed by atoms with Gasteiger partial charge in [0, 0.05) is 17.8 Å². The summed E-state index contributed by atoms with van der Waals surface area (Å²) in [7, 11) is 0. The van der Waals surface area contributed by atoms with Gasteiger partial charge in [-0.2, -0.15) is 0 Å². The highest BCUT2D eigenvalue weighted by atomic mass is 32.2. The molecule has 8 heteroatoms. The molecule has 1 aliphatic heterocycles. The van der Waals surface area contributed by atoms with Gasteiger partial charge in [0.05, 0.1) is 17.1 Å². The summed E-state index contributed by atoms with van der Waals surface area (Å²) in [6.07, 6.45) is 3.15. The van der Waals surface area contributed by atoms with Gasteiger partial charge in [0.1, 0.15) is 4.32 Å². The first-order chi connectivity index (χ1) is 14.4. The van der Waals surface area contributed by atoms with E-state index in [-0.39, 0.29) is 24.8 Å². The first kappa shape index (κ1) is 22.7. The van der Waals surface area contributed by atoms with Crippen molar-refractivity contribution in [1.82, 2.24) is 10.2 Å². The third-order valence-electron chi connectivity index (χ3n) is 4.70. The Labute approximate surface area is 190 Å². The molecule has 1 aromatic carbocycles. The van der Waals surface area contributed by atoms with E-state index in [0.717, 1.165) is 10.4 Å². The summed E-state index contributed by atoms with van der Waals surface area (Å²) in [5.41, 5.74) is 0.313. The highest BCUT2D eigenvalue weighted by Crippen LogP contribution is 2.33. The molecular weight excluding hydrogens is 436 g/mol. The first-order valence-electron chi connectivity index (χ1n) is 9.65. The van der Waals surface area contributed by atoms with Crippen LogP contribution in [0.1, 0.15) is 30.2 Å². The van der Waals surface area contributed by atoms with E-state index in [4.69, 9.17) is 12.2 Å². The van der Waals surface area contributed by atoms with Crippen LogP contribution in [0, 0.1) is 0 Å². The minimum atomic E-state index is -0.732. The average molecular weight is 461 g/mol. The molecule has 0 unspecified atom stereocenters. The van der Waals surface area contributed by atoms with Gasteiger partial charge in [-0.05, 0) is 42.9 Å². The van der Waals surface area contributed by atoms with Gasteiger partial charge in [0.25, 0.3) is 5.91 Å². The molecule has 30 heavy (non-hydrogen) atoms. The molecule has 2 amide bonds. The van der Waals surface area contributed by atoms with Crippen LogP contribution in [-0.4, -0.2) is 44.8 Å². The van der Waals surface area contributed by atoms with Crippen molar-refractivity contribution in [1.29, 1.82) is 0 Å². The second-order valence-corrected chi connectivity index (χ2v) is 10.0. The number of thioether (sulfide) groups is 1. The van der Waals surface area contributed by atoms with Gasteiger partial charge in [-0.3, -0.25) is 14.5 Å². The molecule has 2 heterocycles. The van der Waals surface area contributed by atoms with Crippen LogP contribution in [0.4, 0.5) is 0 Å². The Balaban J connectivity index is 1.50. The second-order valence-electron chi connectivity index (χ2n) is 7.38. The van der Waals surface area contributed by atoms with Crippen LogP contribution in [-0.2, 0) is 16.0 Å². The van der Waals surface area contributed by atoms with E-state index in [1.165, 1.54) is 11.8 Å². The number of amides is 2. The SMILES string of the molecule is C[C@](CO)(Cc1ccccc1)NC(=O)CCCN1C(=O)/C(=C/c2cccs2)SC1=S. The van der Waals surface area contributed by atoms with Crippen LogP contribution in [0.3, 0.4) is 0 Å². The van der Waals surface area contributed by atoms with Crippen molar-refractivity contribution >= 4 is 57.5 Å². The number of thiocarbonyl (C=S) groups is 1. The van der Waals surface area contributed by atoms with Crippen molar-refractivity contribution in [3.8, 4) is 0 Å². The third kappa shape index (κ3) is 6.01. The Hall–Kier alpha value is -2.00. The van der Waals surface area contributed by atoms with E-state index >= 15 is 0 Å². The zero-order valence-corrected chi connectivity index (χ0v) is 19.1. The van der Waals surface area contributed by atoms with E-state index in [0.29, 0.717) is 28.6 Å². The predicted molar refractivity (Wildman–Crippen MR) is 127 cm³/mol. The Morgan fingerprint density at radius 3 is 2.70 bits per heavy atom. The minimum Gasteiger partial charge on any atom is -0.394 e. The molecule has 0 aliphatic carbocycles. The molecule has 158 valence electrons. The van der Waals surface area contributed by atoms with Crippen molar-refractivity contribution in [3.63, 3.8) is 0 Å². The standard InChI is InChI=1S/C22H24N2O3S3/c1-22(15-25,14-16-7-3-2-4-8-16)23-19(26)10-5-11-24-20(27)18(30-21(24)28)13-17-9-6-12-29-17/h2-4,6-9,12-13,25H,5,10-11,14-15H2,1H3,(H,23,26)/b18-13-/t22-/m1/s1. The molecule has 0 spiro atoms. The quantitative estimate of drug-likeness (QED) is 0.440. The number of rotatable bonds is 9.